The van der Waals surface area contributed by atoms with Gasteiger partial charge in [-0.25, -0.2) is 0 Å². The van der Waals surface area contributed by atoms with E-state index in [9.17, 15) is 4.79 Å². The SMILES string of the molecule is CC(CN)C(C)NC(=O)c1cn[nH]c1. The van der Waals surface area contributed by atoms with Crippen molar-refractivity contribution in [3.8, 4) is 0 Å². The fraction of sp³-hybridized carbons (Fsp3) is 0.556. The van der Waals surface area contributed by atoms with Crippen molar-refractivity contribution >= 4 is 5.91 Å². The minimum absolute atomic E-state index is 0.0717. The molecular weight excluding hydrogens is 180 g/mol. The van der Waals surface area contributed by atoms with Gasteiger partial charge >= 0.3 is 0 Å². The fourth-order valence-electron chi connectivity index (χ4n) is 1.01. The molecule has 2 unspecified atom stereocenters. The summed E-state index contributed by atoms with van der Waals surface area (Å²) in [5.74, 6) is 0.150. The van der Waals surface area contributed by atoms with E-state index >= 15 is 0 Å². The second-order valence-corrected chi connectivity index (χ2v) is 3.46. The van der Waals surface area contributed by atoms with Crippen LogP contribution in [0.4, 0.5) is 0 Å². The Morgan fingerprint density at radius 2 is 2.43 bits per heavy atom. The topological polar surface area (TPSA) is 83.8 Å². The molecule has 0 aliphatic rings. The highest BCUT2D eigenvalue weighted by molar-refractivity contribution is 5.93. The molecule has 0 saturated heterocycles. The summed E-state index contributed by atoms with van der Waals surface area (Å²) in [7, 11) is 0. The lowest BCUT2D eigenvalue weighted by molar-refractivity contribution is 0.0929. The lowest BCUT2D eigenvalue weighted by Gasteiger charge is -2.19. The molecule has 5 heteroatoms. The van der Waals surface area contributed by atoms with Crippen molar-refractivity contribution in [1.29, 1.82) is 0 Å². The Morgan fingerprint density at radius 1 is 1.71 bits per heavy atom. The van der Waals surface area contributed by atoms with Crippen molar-refractivity contribution in [2.75, 3.05) is 6.54 Å². The molecule has 2 atom stereocenters. The largest absolute Gasteiger partial charge is 0.349 e. The molecule has 78 valence electrons. The van der Waals surface area contributed by atoms with Gasteiger partial charge in [0.15, 0.2) is 0 Å². The zero-order valence-corrected chi connectivity index (χ0v) is 8.45. The lowest BCUT2D eigenvalue weighted by atomic mass is 10.0. The molecule has 14 heavy (non-hydrogen) atoms. The van der Waals surface area contributed by atoms with E-state index in [4.69, 9.17) is 5.73 Å². The van der Waals surface area contributed by atoms with Gasteiger partial charge in [-0.15, -0.1) is 0 Å². The van der Waals surface area contributed by atoms with Gasteiger partial charge in [0, 0.05) is 12.2 Å². The summed E-state index contributed by atoms with van der Waals surface area (Å²) in [4.78, 5) is 11.5. The Labute approximate surface area is 83.1 Å². The zero-order valence-electron chi connectivity index (χ0n) is 8.45. The Morgan fingerprint density at radius 3 is 2.93 bits per heavy atom. The van der Waals surface area contributed by atoms with Gasteiger partial charge in [-0.2, -0.15) is 5.10 Å². The maximum absolute atomic E-state index is 11.5. The predicted octanol–water partition coefficient (Wildman–Crippen LogP) is 0.123. The van der Waals surface area contributed by atoms with Crippen LogP contribution in [0.25, 0.3) is 0 Å². The van der Waals surface area contributed by atoms with Crippen molar-refractivity contribution in [2.24, 2.45) is 11.7 Å². The van der Waals surface area contributed by atoms with Gasteiger partial charge < -0.3 is 11.1 Å². The first kappa shape index (κ1) is 10.7. The van der Waals surface area contributed by atoms with Crippen LogP contribution in [0.1, 0.15) is 24.2 Å². The molecular formula is C9H16N4O. The molecule has 1 rings (SSSR count). The quantitative estimate of drug-likeness (QED) is 0.639. The first-order valence-corrected chi connectivity index (χ1v) is 4.65. The molecule has 0 saturated carbocycles. The van der Waals surface area contributed by atoms with Crippen LogP contribution in [0.2, 0.25) is 0 Å². The monoisotopic (exact) mass is 196 g/mol. The molecule has 1 amide bonds. The van der Waals surface area contributed by atoms with E-state index in [1.54, 1.807) is 6.20 Å². The van der Waals surface area contributed by atoms with Gasteiger partial charge in [0.1, 0.15) is 0 Å². The van der Waals surface area contributed by atoms with Crippen LogP contribution in [-0.2, 0) is 0 Å². The maximum Gasteiger partial charge on any atom is 0.254 e. The normalized spacial score (nSPS) is 14.8. The highest BCUT2D eigenvalue weighted by Crippen LogP contribution is 2.01. The second kappa shape index (κ2) is 4.76. The number of carbonyl (C=O) groups is 1. The molecule has 0 radical (unpaired) electrons. The number of nitrogens with one attached hydrogen (secondary N) is 2. The van der Waals surface area contributed by atoms with Gasteiger partial charge in [0.25, 0.3) is 5.91 Å². The van der Waals surface area contributed by atoms with Crippen LogP contribution in [0.3, 0.4) is 0 Å². The van der Waals surface area contributed by atoms with Crippen LogP contribution >= 0.6 is 0 Å². The number of nitrogens with zero attached hydrogens (tertiary/aromatic N) is 1. The number of aromatic amines is 1. The standard InChI is InChI=1S/C9H16N4O/c1-6(3-10)7(2)13-9(14)8-4-11-12-5-8/h4-7H,3,10H2,1-2H3,(H,11,12)(H,13,14). The predicted molar refractivity (Wildman–Crippen MR) is 53.7 cm³/mol. The molecule has 0 aromatic carbocycles. The van der Waals surface area contributed by atoms with E-state index in [2.05, 4.69) is 15.5 Å². The molecule has 0 aliphatic carbocycles. The summed E-state index contributed by atoms with van der Waals surface area (Å²) in [6.45, 7) is 4.50. The minimum atomic E-state index is -0.119. The first-order chi connectivity index (χ1) is 6.65. The van der Waals surface area contributed by atoms with Crippen LogP contribution in [0.5, 0.6) is 0 Å². The molecule has 0 fully saturated rings. The molecule has 0 bridgehead atoms. The van der Waals surface area contributed by atoms with Crippen LogP contribution in [0, 0.1) is 5.92 Å². The Bertz CT molecular complexity index is 283. The van der Waals surface area contributed by atoms with Crippen LogP contribution < -0.4 is 11.1 Å². The molecule has 1 aromatic rings. The van der Waals surface area contributed by atoms with E-state index in [-0.39, 0.29) is 17.9 Å². The van der Waals surface area contributed by atoms with Gasteiger partial charge in [-0.1, -0.05) is 6.92 Å². The summed E-state index contributed by atoms with van der Waals surface area (Å²) in [5, 5.41) is 9.15. The summed E-state index contributed by atoms with van der Waals surface area (Å²) in [5.41, 5.74) is 6.04. The van der Waals surface area contributed by atoms with Gasteiger partial charge in [-0.05, 0) is 19.4 Å². The summed E-state index contributed by atoms with van der Waals surface area (Å²) in [6, 6.07) is 0.0717. The van der Waals surface area contributed by atoms with Crippen molar-refractivity contribution in [1.82, 2.24) is 15.5 Å². The Kier molecular flexibility index (Phi) is 3.64. The third kappa shape index (κ3) is 2.56. The fourth-order valence-corrected chi connectivity index (χ4v) is 1.01. The molecule has 0 spiro atoms. The molecule has 0 aliphatic heterocycles. The van der Waals surface area contributed by atoms with E-state index in [1.165, 1.54) is 6.20 Å². The number of nitrogens with two attached hydrogens (primary N) is 1. The first-order valence-electron chi connectivity index (χ1n) is 4.65. The third-order valence-corrected chi connectivity index (χ3v) is 2.34. The average Bonchev–Trinajstić information content (AvgIpc) is 2.69. The smallest absolute Gasteiger partial charge is 0.254 e. The molecule has 5 nitrogen and oxygen atoms in total. The number of amides is 1. The zero-order chi connectivity index (χ0) is 10.6. The number of hydrogen-bond donors (Lipinski definition) is 3. The van der Waals surface area contributed by atoms with Gasteiger partial charge in [-0.3, -0.25) is 9.89 Å². The molecule has 4 N–H and O–H groups in total. The van der Waals surface area contributed by atoms with Crippen molar-refractivity contribution in [3.63, 3.8) is 0 Å². The summed E-state index contributed by atoms with van der Waals surface area (Å²) < 4.78 is 0. The maximum atomic E-state index is 11.5. The highest BCUT2D eigenvalue weighted by atomic mass is 16.1. The molecule has 1 heterocycles. The number of rotatable bonds is 4. The average molecular weight is 196 g/mol. The van der Waals surface area contributed by atoms with Gasteiger partial charge in [0.05, 0.1) is 11.8 Å². The Balaban J connectivity index is 2.49. The van der Waals surface area contributed by atoms with E-state index in [0.29, 0.717) is 12.1 Å². The third-order valence-electron chi connectivity index (χ3n) is 2.34. The minimum Gasteiger partial charge on any atom is -0.349 e. The van der Waals surface area contributed by atoms with Crippen LogP contribution in [-0.4, -0.2) is 28.7 Å². The summed E-state index contributed by atoms with van der Waals surface area (Å²) >= 11 is 0. The number of hydrogen-bond acceptors (Lipinski definition) is 3. The van der Waals surface area contributed by atoms with Crippen LogP contribution in [0.15, 0.2) is 12.4 Å². The number of H-pyrrole nitrogens is 1. The highest BCUT2D eigenvalue weighted by Gasteiger charge is 2.14. The lowest BCUT2D eigenvalue weighted by Crippen LogP contribution is -2.39. The Hall–Kier alpha value is -1.36. The van der Waals surface area contributed by atoms with Crippen molar-refractivity contribution < 1.29 is 4.79 Å². The number of aromatic nitrogens is 2. The molecule has 1 aromatic heterocycles. The van der Waals surface area contributed by atoms with Crippen molar-refractivity contribution in [3.05, 3.63) is 18.0 Å². The van der Waals surface area contributed by atoms with E-state index in [0.717, 1.165) is 0 Å². The van der Waals surface area contributed by atoms with Gasteiger partial charge in [0.2, 0.25) is 0 Å². The van der Waals surface area contributed by atoms with E-state index < -0.39 is 0 Å². The number of carbonyl (C=O) groups excluding carboxylic acids is 1. The van der Waals surface area contributed by atoms with Crippen molar-refractivity contribution in [2.45, 2.75) is 19.9 Å². The second-order valence-electron chi connectivity index (χ2n) is 3.46. The van der Waals surface area contributed by atoms with E-state index in [1.807, 2.05) is 13.8 Å². The summed E-state index contributed by atoms with van der Waals surface area (Å²) in [6.07, 6.45) is 3.06.